The van der Waals surface area contributed by atoms with Gasteiger partial charge in [0.25, 0.3) is 0 Å². The van der Waals surface area contributed by atoms with Crippen LogP contribution in [-0.4, -0.2) is 0 Å². The first-order chi connectivity index (χ1) is 5.27. The molecule has 0 bridgehead atoms. The first kappa shape index (κ1) is 7.60. The average molecular weight is 163 g/mol. The molecule has 1 rings (SSSR count). The van der Waals surface area contributed by atoms with Crippen LogP contribution in [0.3, 0.4) is 0 Å². The van der Waals surface area contributed by atoms with Gasteiger partial charge in [0.1, 0.15) is 6.07 Å². The molecule has 0 aliphatic carbocycles. The van der Waals surface area contributed by atoms with Crippen LogP contribution < -0.4 is 0 Å². The molecule has 0 saturated carbocycles. The van der Waals surface area contributed by atoms with Crippen molar-refractivity contribution >= 4 is 17.3 Å². The van der Waals surface area contributed by atoms with Gasteiger partial charge in [-0.1, -0.05) is 23.7 Å². The molecule has 0 fully saturated rings. The topological polar surface area (TPSA) is 28.1 Å². The van der Waals surface area contributed by atoms with Gasteiger partial charge in [0.05, 0.1) is 12.1 Å². The summed E-state index contributed by atoms with van der Waals surface area (Å²) in [6.07, 6.45) is 0. The molecular weight excluding hydrogens is 160 g/mol. The van der Waals surface area contributed by atoms with Gasteiger partial charge in [-0.2, -0.15) is 5.26 Å². The lowest BCUT2D eigenvalue weighted by Crippen LogP contribution is -1.73. The fraction of sp³-hybridized carbons (Fsp3) is 0. The van der Waals surface area contributed by atoms with Gasteiger partial charge in [-0.05, 0) is 6.07 Å². The van der Waals surface area contributed by atoms with Crippen LogP contribution in [0.4, 0.5) is 5.69 Å². The second kappa shape index (κ2) is 3.05. The Balaban J connectivity index is 3.25. The van der Waals surface area contributed by atoms with Crippen molar-refractivity contribution in [1.29, 1.82) is 5.26 Å². The summed E-state index contributed by atoms with van der Waals surface area (Å²) in [6, 6.07) is 6.50. The maximum atomic E-state index is 8.47. The standard InChI is InChI=1S/C8H3ClN2/c1-11-7-3-2-6(5-10)8(9)4-7/h2-4H. The van der Waals surface area contributed by atoms with E-state index in [2.05, 4.69) is 4.85 Å². The van der Waals surface area contributed by atoms with Crippen molar-refractivity contribution in [1.82, 2.24) is 0 Å². The third-order valence-electron chi connectivity index (χ3n) is 1.20. The minimum atomic E-state index is 0.334. The largest absolute Gasteiger partial charge is 0.238 e. The van der Waals surface area contributed by atoms with Crippen LogP contribution >= 0.6 is 11.6 Å². The highest BCUT2D eigenvalue weighted by molar-refractivity contribution is 6.32. The van der Waals surface area contributed by atoms with Crippen LogP contribution in [0.15, 0.2) is 18.2 Å². The first-order valence-electron chi connectivity index (χ1n) is 2.85. The van der Waals surface area contributed by atoms with Crippen LogP contribution in [0.1, 0.15) is 5.56 Å². The van der Waals surface area contributed by atoms with Crippen molar-refractivity contribution in [3.8, 4) is 6.07 Å². The number of benzene rings is 1. The Hall–Kier alpha value is -1.51. The molecule has 0 radical (unpaired) electrons. The van der Waals surface area contributed by atoms with Gasteiger partial charge < -0.3 is 0 Å². The predicted octanol–water partition coefficient (Wildman–Crippen LogP) is 2.76. The van der Waals surface area contributed by atoms with E-state index in [9.17, 15) is 0 Å². The number of nitrogens with zero attached hydrogens (tertiary/aromatic N) is 2. The van der Waals surface area contributed by atoms with E-state index in [1.54, 1.807) is 6.07 Å². The van der Waals surface area contributed by atoms with Crippen molar-refractivity contribution in [3.63, 3.8) is 0 Å². The monoisotopic (exact) mass is 162 g/mol. The lowest BCUT2D eigenvalue weighted by molar-refractivity contribution is 1.49. The van der Waals surface area contributed by atoms with Gasteiger partial charge in [-0.15, -0.1) is 0 Å². The number of hydrogen-bond acceptors (Lipinski definition) is 1. The van der Waals surface area contributed by atoms with E-state index < -0.39 is 0 Å². The molecule has 0 N–H and O–H groups in total. The molecule has 1 aromatic rings. The number of hydrogen-bond donors (Lipinski definition) is 0. The number of nitriles is 1. The second-order valence-electron chi connectivity index (χ2n) is 1.89. The molecule has 1 aromatic carbocycles. The highest BCUT2D eigenvalue weighted by Gasteiger charge is 1.98. The highest BCUT2D eigenvalue weighted by atomic mass is 35.5. The lowest BCUT2D eigenvalue weighted by atomic mass is 10.2. The summed E-state index contributed by atoms with van der Waals surface area (Å²) in [7, 11) is 0. The molecule has 0 saturated heterocycles. The SMILES string of the molecule is [C-]#[N+]c1ccc(C#N)c(Cl)c1. The summed E-state index contributed by atoms with van der Waals surface area (Å²) in [5, 5.41) is 8.80. The van der Waals surface area contributed by atoms with Crippen LogP contribution in [-0.2, 0) is 0 Å². The summed E-state index contributed by atoms with van der Waals surface area (Å²) >= 11 is 5.64. The Bertz CT molecular complexity index is 357. The summed E-state index contributed by atoms with van der Waals surface area (Å²) in [4.78, 5) is 3.16. The number of rotatable bonds is 0. The van der Waals surface area contributed by atoms with Crippen molar-refractivity contribution < 1.29 is 0 Å². The van der Waals surface area contributed by atoms with Crippen LogP contribution in [0, 0.1) is 17.9 Å². The average Bonchev–Trinajstić information content (AvgIpc) is 2.04. The first-order valence-corrected chi connectivity index (χ1v) is 3.23. The molecule has 0 spiro atoms. The van der Waals surface area contributed by atoms with Gasteiger partial charge in [0.15, 0.2) is 5.69 Å². The maximum Gasteiger partial charge on any atom is 0.188 e. The van der Waals surface area contributed by atoms with Gasteiger partial charge in [0.2, 0.25) is 0 Å². The fourth-order valence-electron chi connectivity index (χ4n) is 0.664. The zero-order valence-corrected chi connectivity index (χ0v) is 6.26. The van der Waals surface area contributed by atoms with Crippen LogP contribution in [0.2, 0.25) is 5.02 Å². The molecule has 11 heavy (non-hydrogen) atoms. The van der Waals surface area contributed by atoms with Crippen molar-refractivity contribution in [2.45, 2.75) is 0 Å². The van der Waals surface area contributed by atoms with Gasteiger partial charge in [-0.25, -0.2) is 4.85 Å². The van der Waals surface area contributed by atoms with E-state index in [1.165, 1.54) is 12.1 Å². The molecule has 0 amide bonds. The lowest BCUT2D eigenvalue weighted by Gasteiger charge is -1.92. The van der Waals surface area contributed by atoms with Gasteiger partial charge >= 0.3 is 0 Å². The van der Waals surface area contributed by atoms with E-state index in [0.717, 1.165) is 0 Å². The third-order valence-corrected chi connectivity index (χ3v) is 1.51. The Kier molecular flexibility index (Phi) is 2.11. The molecule has 0 unspecified atom stereocenters. The van der Waals surface area contributed by atoms with E-state index in [4.69, 9.17) is 23.4 Å². The summed E-state index contributed by atoms with van der Waals surface area (Å²) < 4.78 is 0. The highest BCUT2D eigenvalue weighted by Crippen LogP contribution is 2.21. The molecule has 0 atom stereocenters. The second-order valence-corrected chi connectivity index (χ2v) is 2.29. The zero-order chi connectivity index (χ0) is 8.27. The summed E-state index contributed by atoms with van der Waals surface area (Å²) in [5.74, 6) is 0. The molecule has 0 heterocycles. The molecule has 0 aliphatic rings. The minimum Gasteiger partial charge on any atom is -0.238 e. The van der Waals surface area contributed by atoms with Crippen molar-refractivity contribution in [2.75, 3.05) is 0 Å². The molecule has 0 aliphatic heterocycles. The quantitative estimate of drug-likeness (QED) is 0.539. The molecule has 0 aromatic heterocycles. The summed E-state index contributed by atoms with van der Waals surface area (Å²) in [6.45, 7) is 6.65. The molecule has 52 valence electrons. The Morgan fingerprint density at radius 3 is 2.73 bits per heavy atom. The third kappa shape index (κ3) is 1.49. The molecule has 3 heteroatoms. The van der Waals surface area contributed by atoms with E-state index in [0.29, 0.717) is 16.3 Å². The van der Waals surface area contributed by atoms with Crippen LogP contribution in [0.25, 0.3) is 4.85 Å². The molecular formula is C8H3ClN2. The van der Waals surface area contributed by atoms with Gasteiger partial charge in [0, 0.05) is 5.02 Å². The fourth-order valence-corrected chi connectivity index (χ4v) is 0.881. The Morgan fingerprint density at radius 1 is 1.55 bits per heavy atom. The Labute approximate surface area is 69.5 Å². The normalized spacial score (nSPS) is 8.27. The maximum absolute atomic E-state index is 8.47. The van der Waals surface area contributed by atoms with Crippen molar-refractivity contribution in [3.05, 3.63) is 40.2 Å². The summed E-state index contributed by atoms with van der Waals surface area (Å²) in [5.41, 5.74) is 0.855. The van der Waals surface area contributed by atoms with Crippen LogP contribution in [0.5, 0.6) is 0 Å². The minimum absolute atomic E-state index is 0.334. The van der Waals surface area contributed by atoms with Crippen molar-refractivity contribution in [2.24, 2.45) is 0 Å². The Morgan fingerprint density at radius 2 is 2.27 bits per heavy atom. The van der Waals surface area contributed by atoms with E-state index in [-0.39, 0.29) is 0 Å². The van der Waals surface area contributed by atoms with E-state index >= 15 is 0 Å². The smallest absolute Gasteiger partial charge is 0.188 e. The zero-order valence-electron chi connectivity index (χ0n) is 5.50. The van der Waals surface area contributed by atoms with Gasteiger partial charge in [-0.3, -0.25) is 0 Å². The number of halogens is 1. The predicted molar refractivity (Wildman–Crippen MR) is 42.4 cm³/mol. The van der Waals surface area contributed by atoms with E-state index in [1.807, 2.05) is 6.07 Å². The molecule has 2 nitrogen and oxygen atoms in total.